The molecule has 0 saturated carbocycles. The molecule has 2 rings (SSSR count). The van der Waals surface area contributed by atoms with Crippen LogP contribution in [-0.4, -0.2) is 25.0 Å². The van der Waals surface area contributed by atoms with Crippen molar-refractivity contribution >= 4 is 27.5 Å². The predicted octanol–water partition coefficient (Wildman–Crippen LogP) is 3.13. The van der Waals surface area contributed by atoms with E-state index in [4.69, 9.17) is 4.74 Å². The zero-order valence-corrected chi connectivity index (χ0v) is 12.2. The molecule has 4 nitrogen and oxygen atoms in total. The first-order valence-corrected chi connectivity index (χ1v) is 6.45. The van der Waals surface area contributed by atoms with Gasteiger partial charge in [-0.05, 0) is 40.2 Å². The Morgan fingerprint density at radius 3 is 2.79 bits per heavy atom. The lowest BCUT2D eigenvalue weighted by Gasteiger charge is -2.18. The molecule has 0 spiro atoms. The molecule has 0 aliphatic rings. The van der Waals surface area contributed by atoms with Gasteiger partial charge in [0.2, 0.25) is 0 Å². The molecule has 0 atom stereocenters. The Bertz CT molecular complexity index is 602. The minimum atomic E-state index is -0.101. The van der Waals surface area contributed by atoms with Gasteiger partial charge in [-0.3, -0.25) is 4.79 Å². The number of methoxy groups -OCH3 is 1. The van der Waals surface area contributed by atoms with Crippen LogP contribution in [0.25, 0.3) is 0 Å². The molecule has 1 aromatic heterocycles. The summed E-state index contributed by atoms with van der Waals surface area (Å²) < 4.78 is 5.79. The Morgan fingerprint density at radius 2 is 2.11 bits per heavy atom. The number of nitrogens with zero attached hydrogens (tertiary/aromatic N) is 2. The summed E-state index contributed by atoms with van der Waals surface area (Å²) in [6, 6.07) is 10.7. The highest BCUT2D eigenvalue weighted by molar-refractivity contribution is 9.10. The minimum absolute atomic E-state index is 0.101. The lowest BCUT2D eigenvalue weighted by Crippen LogP contribution is -2.26. The SMILES string of the molecule is COc1cccc(N(C)C(=O)c2ccnc(Br)c2)c1. The molecule has 0 saturated heterocycles. The van der Waals surface area contributed by atoms with Crippen LogP contribution in [-0.2, 0) is 0 Å². The molecular weight excluding hydrogens is 308 g/mol. The van der Waals surface area contributed by atoms with Crippen molar-refractivity contribution in [2.24, 2.45) is 0 Å². The van der Waals surface area contributed by atoms with E-state index in [0.717, 1.165) is 5.69 Å². The Labute approximate surface area is 120 Å². The molecule has 2 aromatic rings. The number of aromatic nitrogens is 1. The van der Waals surface area contributed by atoms with E-state index in [1.807, 2.05) is 24.3 Å². The van der Waals surface area contributed by atoms with E-state index in [-0.39, 0.29) is 5.91 Å². The summed E-state index contributed by atoms with van der Waals surface area (Å²) in [5.74, 6) is 0.615. The van der Waals surface area contributed by atoms with Gasteiger partial charge >= 0.3 is 0 Å². The van der Waals surface area contributed by atoms with Gasteiger partial charge in [-0.15, -0.1) is 0 Å². The highest BCUT2D eigenvalue weighted by Crippen LogP contribution is 2.21. The van der Waals surface area contributed by atoms with Crippen molar-refractivity contribution in [3.63, 3.8) is 0 Å². The second kappa shape index (κ2) is 5.84. The van der Waals surface area contributed by atoms with Crippen LogP contribution in [0.1, 0.15) is 10.4 Å². The number of anilines is 1. The van der Waals surface area contributed by atoms with Gasteiger partial charge in [0.15, 0.2) is 0 Å². The minimum Gasteiger partial charge on any atom is -0.497 e. The van der Waals surface area contributed by atoms with Crippen LogP contribution >= 0.6 is 15.9 Å². The normalized spacial score (nSPS) is 10.1. The van der Waals surface area contributed by atoms with Crippen LogP contribution in [0.2, 0.25) is 0 Å². The molecule has 1 aromatic carbocycles. The predicted molar refractivity (Wildman–Crippen MR) is 77.7 cm³/mol. The maximum absolute atomic E-state index is 12.3. The fourth-order valence-electron chi connectivity index (χ4n) is 1.67. The Hall–Kier alpha value is -1.88. The first-order valence-electron chi connectivity index (χ1n) is 5.65. The van der Waals surface area contributed by atoms with Crippen LogP contribution in [0, 0.1) is 0 Å². The third-order valence-corrected chi connectivity index (χ3v) is 3.15. The van der Waals surface area contributed by atoms with Crippen molar-refractivity contribution in [3.8, 4) is 5.75 Å². The molecule has 5 heteroatoms. The van der Waals surface area contributed by atoms with Gasteiger partial charge in [0, 0.05) is 30.6 Å². The van der Waals surface area contributed by atoms with Crippen molar-refractivity contribution in [2.45, 2.75) is 0 Å². The molecule has 0 radical (unpaired) electrons. The summed E-state index contributed by atoms with van der Waals surface area (Å²) in [4.78, 5) is 17.9. The lowest BCUT2D eigenvalue weighted by molar-refractivity contribution is 0.0993. The number of carbonyl (C=O) groups excluding carboxylic acids is 1. The lowest BCUT2D eigenvalue weighted by atomic mass is 10.2. The van der Waals surface area contributed by atoms with Gasteiger partial charge in [0.25, 0.3) is 5.91 Å². The highest BCUT2D eigenvalue weighted by atomic mass is 79.9. The van der Waals surface area contributed by atoms with Crippen LogP contribution in [0.3, 0.4) is 0 Å². The van der Waals surface area contributed by atoms with Gasteiger partial charge in [0.05, 0.1) is 7.11 Å². The van der Waals surface area contributed by atoms with Gasteiger partial charge in [-0.25, -0.2) is 4.98 Å². The number of hydrogen-bond acceptors (Lipinski definition) is 3. The topological polar surface area (TPSA) is 42.4 Å². The largest absolute Gasteiger partial charge is 0.497 e. The second-order valence-electron chi connectivity index (χ2n) is 3.93. The number of pyridine rings is 1. The molecule has 0 aliphatic carbocycles. The fraction of sp³-hybridized carbons (Fsp3) is 0.143. The number of benzene rings is 1. The van der Waals surface area contributed by atoms with E-state index in [2.05, 4.69) is 20.9 Å². The summed E-state index contributed by atoms with van der Waals surface area (Å²) in [7, 11) is 3.33. The fourth-order valence-corrected chi connectivity index (χ4v) is 2.03. The Morgan fingerprint density at radius 1 is 1.32 bits per heavy atom. The van der Waals surface area contributed by atoms with E-state index in [1.54, 1.807) is 37.4 Å². The van der Waals surface area contributed by atoms with E-state index in [1.165, 1.54) is 0 Å². The molecule has 1 heterocycles. The molecule has 1 amide bonds. The molecule has 98 valence electrons. The first kappa shape index (κ1) is 13.5. The van der Waals surface area contributed by atoms with Crippen LogP contribution < -0.4 is 9.64 Å². The molecule has 0 N–H and O–H groups in total. The third-order valence-electron chi connectivity index (χ3n) is 2.72. The molecule has 19 heavy (non-hydrogen) atoms. The van der Waals surface area contributed by atoms with Crippen molar-refractivity contribution in [1.82, 2.24) is 4.98 Å². The monoisotopic (exact) mass is 320 g/mol. The number of hydrogen-bond donors (Lipinski definition) is 0. The zero-order chi connectivity index (χ0) is 13.8. The summed E-state index contributed by atoms with van der Waals surface area (Å²) in [5.41, 5.74) is 1.35. The molecule has 0 fully saturated rings. The van der Waals surface area contributed by atoms with Crippen LogP contribution in [0.4, 0.5) is 5.69 Å². The summed E-state index contributed by atoms with van der Waals surface area (Å²) in [6.07, 6.45) is 1.59. The maximum Gasteiger partial charge on any atom is 0.258 e. The van der Waals surface area contributed by atoms with Gasteiger partial charge in [0.1, 0.15) is 10.4 Å². The standard InChI is InChI=1S/C14H13BrN2O2/c1-17(11-4-3-5-12(9-11)19-2)14(18)10-6-7-16-13(15)8-10/h3-9H,1-2H3. The molecule has 0 bridgehead atoms. The maximum atomic E-state index is 12.3. The number of carbonyl (C=O) groups is 1. The quantitative estimate of drug-likeness (QED) is 0.816. The smallest absolute Gasteiger partial charge is 0.258 e. The van der Waals surface area contributed by atoms with Crippen molar-refractivity contribution in [1.29, 1.82) is 0 Å². The van der Waals surface area contributed by atoms with Crippen molar-refractivity contribution in [2.75, 3.05) is 19.1 Å². The highest BCUT2D eigenvalue weighted by Gasteiger charge is 2.14. The Kier molecular flexibility index (Phi) is 4.16. The van der Waals surface area contributed by atoms with Gasteiger partial charge in [-0.1, -0.05) is 6.07 Å². The summed E-state index contributed by atoms with van der Waals surface area (Å²) in [5, 5.41) is 0. The second-order valence-corrected chi connectivity index (χ2v) is 4.75. The van der Waals surface area contributed by atoms with Gasteiger partial charge < -0.3 is 9.64 Å². The van der Waals surface area contributed by atoms with E-state index >= 15 is 0 Å². The summed E-state index contributed by atoms with van der Waals surface area (Å²) >= 11 is 3.26. The molecular formula is C14H13BrN2O2. The van der Waals surface area contributed by atoms with Crippen LogP contribution in [0.5, 0.6) is 5.75 Å². The van der Waals surface area contributed by atoms with E-state index < -0.39 is 0 Å². The zero-order valence-electron chi connectivity index (χ0n) is 10.6. The van der Waals surface area contributed by atoms with E-state index in [9.17, 15) is 4.79 Å². The summed E-state index contributed by atoms with van der Waals surface area (Å²) in [6.45, 7) is 0. The number of amides is 1. The van der Waals surface area contributed by atoms with Crippen molar-refractivity contribution < 1.29 is 9.53 Å². The first-order chi connectivity index (χ1) is 9.11. The molecule has 0 unspecified atom stereocenters. The average Bonchev–Trinajstić information content (AvgIpc) is 2.45. The van der Waals surface area contributed by atoms with Gasteiger partial charge in [-0.2, -0.15) is 0 Å². The number of rotatable bonds is 3. The average molecular weight is 321 g/mol. The number of halogens is 1. The third kappa shape index (κ3) is 3.12. The van der Waals surface area contributed by atoms with Crippen molar-refractivity contribution in [3.05, 3.63) is 52.8 Å². The van der Waals surface area contributed by atoms with Crippen LogP contribution in [0.15, 0.2) is 47.2 Å². The van der Waals surface area contributed by atoms with E-state index in [0.29, 0.717) is 15.9 Å². The number of ether oxygens (including phenoxy) is 1. The molecule has 0 aliphatic heterocycles. The Balaban J connectivity index is 2.28.